The van der Waals surface area contributed by atoms with E-state index in [1.807, 2.05) is 4.90 Å². The topological polar surface area (TPSA) is 57.6 Å². The predicted octanol–water partition coefficient (Wildman–Crippen LogP) is 3.55. The summed E-state index contributed by atoms with van der Waals surface area (Å²) < 4.78 is 0. The molecule has 1 amide bonds. The summed E-state index contributed by atoms with van der Waals surface area (Å²) in [5, 5.41) is 8.85. The van der Waals surface area contributed by atoms with E-state index >= 15 is 0 Å². The van der Waals surface area contributed by atoms with Crippen molar-refractivity contribution in [3.05, 3.63) is 0 Å². The molecule has 2 fully saturated rings. The highest BCUT2D eigenvalue weighted by molar-refractivity contribution is 5.76. The Hall–Kier alpha value is -1.06. The van der Waals surface area contributed by atoms with Gasteiger partial charge in [0.15, 0.2) is 0 Å². The van der Waals surface area contributed by atoms with Crippen LogP contribution in [0.4, 0.5) is 0 Å². The van der Waals surface area contributed by atoms with E-state index in [0.29, 0.717) is 23.7 Å². The number of carbonyl (C=O) groups excluding carboxylic acids is 1. The first-order chi connectivity index (χ1) is 10.2. The van der Waals surface area contributed by atoms with Crippen LogP contribution in [0.3, 0.4) is 0 Å². The van der Waals surface area contributed by atoms with Gasteiger partial charge in [0.2, 0.25) is 5.91 Å². The standard InChI is InChI=1S/C18H31NO3/c1-13-8-15(12-18(2,3)11-13)9-16(20)19-6-4-14(5-7-19)10-17(21)22/h13-15H,4-12H2,1-3H3,(H,21,22). The molecule has 0 aromatic rings. The lowest BCUT2D eigenvalue weighted by Gasteiger charge is -2.40. The van der Waals surface area contributed by atoms with Crippen molar-refractivity contribution < 1.29 is 14.7 Å². The molecule has 126 valence electrons. The Labute approximate surface area is 134 Å². The first kappa shape index (κ1) is 17.3. The molecule has 1 heterocycles. The molecule has 1 aliphatic heterocycles. The number of carboxylic acid groups (broad SMARTS) is 1. The summed E-state index contributed by atoms with van der Waals surface area (Å²) in [6.07, 6.45) is 6.18. The summed E-state index contributed by atoms with van der Waals surface area (Å²) in [5.41, 5.74) is 0.358. The summed E-state index contributed by atoms with van der Waals surface area (Å²) in [5.74, 6) is 1.04. The fraction of sp³-hybridized carbons (Fsp3) is 0.889. The molecule has 0 bridgehead atoms. The molecule has 2 aliphatic rings. The molecule has 22 heavy (non-hydrogen) atoms. The zero-order valence-electron chi connectivity index (χ0n) is 14.3. The van der Waals surface area contributed by atoms with Crippen molar-refractivity contribution in [3.63, 3.8) is 0 Å². The average Bonchev–Trinajstić information content (AvgIpc) is 2.36. The van der Waals surface area contributed by atoms with E-state index in [1.165, 1.54) is 12.8 Å². The zero-order chi connectivity index (χ0) is 16.3. The van der Waals surface area contributed by atoms with Crippen molar-refractivity contribution >= 4 is 11.9 Å². The summed E-state index contributed by atoms with van der Waals surface area (Å²) in [4.78, 5) is 25.2. The van der Waals surface area contributed by atoms with Crippen molar-refractivity contribution in [2.75, 3.05) is 13.1 Å². The SMILES string of the molecule is CC1CC(CC(=O)N2CCC(CC(=O)O)CC2)CC(C)(C)C1. The molecular formula is C18H31NO3. The Bertz CT molecular complexity index is 411. The molecular weight excluding hydrogens is 278 g/mol. The highest BCUT2D eigenvalue weighted by Gasteiger charge is 2.34. The molecule has 1 aliphatic carbocycles. The van der Waals surface area contributed by atoms with Crippen LogP contribution in [0.5, 0.6) is 0 Å². The summed E-state index contributed by atoms with van der Waals surface area (Å²) >= 11 is 0. The average molecular weight is 309 g/mol. The van der Waals surface area contributed by atoms with Gasteiger partial charge in [0.1, 0.15) is 0 Å². The van der Waals surface area contributed by atoms with Crippen molar-refractivity contribution in [2.45, 2.75) is 65.7 Å². The van der Waals surface area contributed by atoms with E-state index in [1.54, 1.807) is 0 Å². The van der Waals surface area contributed by atoms with Crippen molar-refractivity contribution in [3.8, 4) is 0 Å². The Morgan fingerprint density at radius 3 is 2.27 bits per heavy atom. The molecule has 0 aromatic carbocycles. The third-order valence-electron chi connectivity index (χ3n) is 5.37. The number of aliphatic carboxylic acids is 1. The molecule has 2 unspecified atom stereocenters. The number of likely N-dealkylation sites (tertiary alicyclic amines) is 1. The second-order valence-electron chi connectivity index (χ2n) is 8.41. The molecule has 1 saturated heterocycles. The smallest absolute Gasteiger partial charge is 0.303 e. The van der Waals surface area contributed by atoms with Gasteiger partial charge in [-0.25, -0.2) is 0 Å². The van der Waals surface area contributed by atoms with Gasteiger partial charge in [0, 0.05) is 25.9 Å². The number of piperidine rings is 1. The van der Waals surface area contributed by atoms with Crippen molar-refractivity contribution in [1.29, 1.82) is 0 Å². The van der Waals surface area contributed by atoms with Gasteiger partial charge in [0.05, 0.1) is 0 Å². The highest BCUT2D eigenvalue weighted by Crippen LogP contribution is 2.43. The number of hydrogen-bond acceptors (Lipinski definition) is 2. The summed E-state index contributed by atoms with van der Waals surface area (Å²) in [6, 6.07) is 0. The van der Waals surface area contributed by atoms with Gasteiger partial charge in [-0.15, -0.1) is 0 Å². The normalized spacial score (nSPS) is 29.3. The van der Waals surface area contributed by atoms with Crippen LogP contribution in [0.2, 0.25) is 0 Å². The van der Waals surface area contributed by atoms with Crippen LogP contribution >= 0.6 is 0 Å². The van der Waals surface area contributed by atoms with Crippen LogP contribution in [0, 0.1) is 23.2 Å². The number of amides is 1. The molecule has 1 N–H and O–H groups in total. The van der Waals surface area contributed by atoms with E-state index in [9.17, 15) is 9.59 Å². The van der Waals surface area contributed by atoms with E-state index < -0.39 is 5.97 Å². The lowest BCUT2D eigenvalue weighted by Crippen LogP contribution is -2.40. The Morgan fingerprint density at radius 1 is 1.09 bits per heavy atom. The highest BCUT2D eigenvalue weighted by atomic mass is 16.4. The molecule has 1 saturated carbocycles. The molecule has 0 spiro atoms. The summed E-state index contributed by atoms with van der Waals surface area (Å²) in [6.45, 7) is 8.41. The second kappa shape index (κ2) is 7.01. The van der Waals surface area contributed by atoms with Gasteiger partial charge in [-0.1, -0.05) is 20.8 Å². The fourth-order valence-electron chi connectivity index (χ4n) is 4.71. The first-order valence-corrected chi connectivity index (χ1v) is 8.75. The van der Waals surface area contributed by atoms with Crippen molar-refractivity contribution in [2.24, 2.45) is 23.2 Å². The second-order valence-corrected chi connectivity index (χ2v) is 8.41. The van der Waals surface area contributed by atoms with Crippen LogP contribution < -0.4 is 0 Å². The largest absolute Gasteiger partial charge is 0.481 e. The molecule has 2 rings (SSSR count). The molecule has 4 nitrogen and oxygen atoms in total. The molecule has 0 radical (unpaired) electrons. The van der Waals surface area contributed by atoms with Crippen LogP contribution in [0.1, 0.15) is 65.7 Å². The van der Waals surface area contributed by atoms with E-state index in [-0.39, 0.29) is 18.2 Å². The minimum absolute atomic E-state index is 0.246. The minimum Gasteiger partial charge on any atom is -0.481 e. The maximum atomic E-state index is 12.5. The number of rotatable bonds is 4. The van der Waals surface area contributed by atoms with Crippen LogP contribution in [0.25, 0.3) is 0 Å². The van der Waals surface area contributed by atoms with Gasteiger partial charge in [0.25, 0.3) is 0 Å². The van der Waals surface area contributed by atoms with Gasteiger partial charge >= 0.3 is 5.97 Å². The Balaban J connectivity index is 1.79. The van der Waals surface area contributed by atoms with Crippen molar-refractivity contribution in [1.82, 2.24) is 4.90 Å². The van der Waals surface area contributed by atoms with Crippen LogP contribution in [-0.4, -0.2) is 35.0 Å². The predicted molar refractivity (Wildman–Crippen MR) is 86.5 cm³/mol. The third-order valence-corrected chi connectivity index (χ3v) is 5.37. The molecule has 0 aromatic heterocycles. The fourth-order valence-corrected chi connectivity index (χ4v) is 4.71. The minimum atomic E-state index is -0.719. The van der Waals surface area contributed by atoms with E-state index in [4.69, 9.17) is 5.11 Å². The molecule has 2 atom stereocenters. The van der Waals surface area contributed by atoms with E-state index in [0.717, 1.165) is 32.4 Å². The number of nitrogens with zero attached hydrogens (tertiary/aromatic N) is 1. The quantitative estimate of drug-likeness (QED) is 0.864. The van der Waals surface area contributed by atoms with Crippen LogP contribution in [0.15, 0.2) is 0 Å². The molecule has 4 heteroatoms. The third kappa shape index (κ3) is 4.99. The van der Waals surface area contributed by atoms with Gasteiger partial charge < -0.3 is 10.0 Å². The number of carboxylic acids is 1. The first-order valence-electron chi connectivity index (χ1n) is 8.75. The summed E-state index contributed by atoms with van der Waals surface area (Å²) in [7, 11) is 0. The number of carbonyl (C=O) groups is 2. The maximum Gasteiger partial charge on any atom is 0.303 e. The Morgan fingerprint density at radius 2 is 1.73 bits per heavy atom. The zero-order valence-corrected chi connectivity index (χ0v) is 14.3. The maximum absolute atomic E-state index is 12.5. The van der Waals surface area contributed by atoms with Gasteiger partial charge in [-0.3, -0.25) is 9.59 Å². The van der Waals surface area contributed by atoms with Crippen LogP contribution in [-0.2, 0) is 9.59 Å². The Kier molecular flexibility index (Phi) is 5.51. The monoisotopic (exact) mass is 309 g/mol. The number of hydrogen-bond donors (Lipinski definition) is 1. The van der Waals surface area contributed by atoms with E-state index in [2.05, 4.69) is 20.8 Å². The lowest BCUT2D eigenvalue weighted by molar-refractivity contribution is -0.138. The lowest BCUT2D eigenvalue weighted by atomic mass is 9.67. The van der Waals surface area contributed by atoms with Gasteiger partial charge in [-0.2, -0.15) is 0 Å². The van der Waals surface area contributed by atoms with Gasteiger partial charge in [-0.05, 0) is 55.3 Å².